The number of fused-ring (bicyclic) bond motifs is 2. The molecule has 0 radical (unpaired) electrons. The van der Waals surface area contributed by atoms with Gasteiger partial charge in [-0.3, -0.25) is 9.59 Å². The molecule has 282 valence electrons. The Labute approximate surface area is 342 Å². The predicted octanol–water partition coefficient (Wildman–Crippen LogP) is 9.09. The van der Waals surface area contributed by atoms with Crippen LogP contribution in [0.25, 0.3) is 20.4 Å². The molecular formula is C38H30F4I2N2O6S2. The first-order valence-corrected chi connectivity index (χ1v) is 20.0. The number of ether oxygens (including phenoxy) is 3. The monoisotopic (exact) mass is 1000 g/mol. The quantitative estimate of drug-likeness (QED) is 0.0337. The van der Waals surface area contributed by atoms with E-state index < -0.39 is 29.1 Å². The van der Waals surface area contributed by atoms with Crippen molar-refractivity contribution in [1.29, 1.82) is 0 Å². The van der Waals surface area contributed by atoms with Gasteiger partial charge in [-0.2, -0.15) is 0 Å². The zero-order valence-electron chi connectivity index (χ0n) is 28.2. The number of carbonyl (C=O) groups is 2. The van der Waals surface area contributed by atoms with Crippen LogP contribution in [0.5, 0.6) is 0 Å². The van der Waals surface area contributed by atoms with Crippen molar-refractivity contribution < 1.29 is 46.5 Å². The van der Waals surface area contributed by atoms with Crippen LogP contribution in [0.4, 0.5) is 17.6 Å². The zero-order chi connectivity index (χ0) is 38.8. The molecule has 0 atom stereocenters. The molecule has 6 aromatic rings. The summed E-state index contributed by atoms with van der Waals surface area (Å²) < 4.78 is 76.5. The topological polar surface area (TPSA) is 108 Å². The molecule has 2 aromatic heterocycles. The van der Waals surface area contributed by atoms with Crippen LogP contribution in [0.3, 0.4) is 0 Å². The van der Waals surface area contributed by atoms with Gasteiger partial charge in [0, 0.05) is 42.2 Å². The Morgan fingerprint density at radius 2 is 1.19 bits per heavy atom. The number of aliphatic hydroxyl groups is 1. The summed E-state index contributed by atoms with van der Waals surface area (Å²) in [5.41, 5.74) is 4.52. The lowest BCUT2D eigenvalue weighted by atomic mass is 9.96. The maximum absolute atomic E-state index is 15.1. The van der Waals surface area contributed by atoms with Gasteiger partial charge in [0.25, 0.3) is 0 Å². The van der Waals surface area contributed by atoms with Gasteiger partial charge in [0.15, 0.2) is 23.2 Å². The lowest BCUT2D eigenvalue weighted by molar-refractivity contribution is 0.0637. The van der Waals surface area contributed by atoms with Crippen LogP contribution < -0.4 is 0 Å². The first-order valence-electron chi connectivity index (χ1n) is 16.0. The smallest absolute Gasteiger partial charge is 0.188 e. The summed E-state index contributed by atoms with van der Waals surface area (Å²) in [6.07, 6.45) is 1.16. The van der Waals surface area contributed by atoms with Gasteiger partial charge < -0.3 is 19.3 Å². The summed E-state index contributed by atoms with van der Waals surface area (Å²) in [4.78, 5) is 33.2. The van der Waals surface area contributed by atoms with Crippen molar-refractivity contribution >= 4 is 99.9 Å². The number of halogens is 6. The van der Waals surface area contributed by atoms with Gasteiger partial charge in [0.1, 0.15) is 42.5 Å². The summed E-state index contributed by atoms with van der Waals surface area (Å²) in [7, 11) is 0. The molecule has 0 fully saturated rings. The Morgan fingerprint density at radius 1 is 0.722 bits per heavy atom. The van der Waals surface area contributed by atoms with Crippen LogP contribution >= 0.6 is 67.9 Å². The number of Topliss-reactive ketones (excluding diaryl/α,β-unsaturated/α-hetero) is 2. The van der Waals surface area contributed by atoms with Crippen molar-refractivity contribution in [1.82, 2.24) is 9.97 Å². The number of ketones is 2. The van der Waals surface area contributed by atoms with Crippen LogP contribution in [0.1, 0.15) is 43.0 Å². The van der Waals surface area contributed by atoms with E-state index in [0.29, 0.717) is 20.5 Å². The standard InChI is InChI=1S/C20H16F2INO3S.C18H14F2INO3S/c1-2-26-5-6-27-10-17(25)14-9-18-20(24-11-28-18)19(22)15(14)7-12-3-4-13(23)8-16(12)21;19-14-6-11(21)2-1-10(14)5-13-12(15(24)8-25-4-3-23)7-16-18(17(13)20)22-9-26-16/h2-4,8-9,11H,1,5-7,10H2;1-2,6-7,9,23H,3-5,8H2. The molecule has 16 heteroatoms. The Hall–Kier alpha value is -3.40. The van der Waals surface area contributed by atoms with Gasteiger partial charge in [0.2, 0.25) is 0 Å². The molecule has 0 aliphatic carbocycles. The molecule has 0 saturated heterocycles. The van der Waals surface area contributed by atoms with E-state index in [-0.39, 0.29) is 91.6 Å². The van der Waals surface area contributed by atoms with Crippen molar-refractivity contribution in [3.05, 3.63) is 136 Å². The number of aromatic nitrogens is 2. The van der Waals surface area contributed by atoms with Gasteiger partial charge >= 0.3 is 0 Å². The van der Waals surface area contributed by atoms with E-state index in [2.05, 4.69) is 16.5 Å². The predicted molar refractivity (Wildman–Crippen MR) is 217 cm³/mol. The van der Waals surface area contributed by atoms with Crippen LogP contribution in [0.15, 0.2) is 72.4 Å². The first-order chi connectivity index (χ1) is 26.0. The van der Waals surface area contributed by atoms with E-state index in [1.165, 1.54) is 52.1 Å². The van der Waals surface area contributed by atoms with Crippen molar-refractivity contribution in [2.75, 3.05) is 39.6 Å². The lowest BCUT2D eigenvalue weighted by Gasteiger charge is -2.12. The summed E-state index contributed by atoms with van der Waals surface area (Å²) in [5, 5.41) is 8.76. The van der Waals surface area contributed by atoms with Gasteiger partial charge in [-0.25, -0.2) is 27.5 Å². The largest absolute Gasteiger partial charge is 0.499 e. The molecule has 8 nitrogen and oxygen atoms in total. The number of nitrogens with zero attached hydrogens (tertiary/aromatic N) is 2. The Kier molecular flexibility index (Phi) is 15.4. The number of rotatable bonds is 16. The highest BCUT2D eigenvalue weighted by Gasteiger charge is 2.23. The Morgan fingerprint density at radius 3 is 1.61 bits per heavy atom. The Bertz CT molecular complexity index is 2300. The van der Waals surface area contributed by atoms with E-state index in [1.54, 1.807) is 36.4 Å². The van der Waals surface area contributed by atoms with Gasteiger partial charge in [-0.05, 0) is 92.7 Å². The van der Waals surface area contributed by atoms with Crippen molar-refractivity contribution in [2.45, 2.75) is 12.8 Å². The molecule has 2 heterocycles. The average Bonchev–Trinajstić information content (AvgIpc) is 3.83. The van der Waals surface area contributed by atoms with E-state index in [9.17, 15) is 22.8 Å². The van der Waals surface area contributed by atoms with E-state index >= 15 is 4.39 Å². The summed E-state index contributed by atoms with van der Waals surface area (Å²) in [6.45, 7) is 3.16. The fourth-order valence-electron chi connectivity index (χ4n) is 5.30. The minimum atomic E-state index is -0.618. The second-order valence-electron chi connectivity index (χ2n) is 11.4. The summed E-state index contributed by atoms with van der Waals surface area (Å²) in [6, 6.07) is 12.5. The van der Waals surface area contributed by atoms with Crippen LogP contribution in [-0.4, -0.2) is 66.3 Å². The van der Waals surface area contributed by atoms with Crippen molar-refractivity contribution in [3.8, 4) is 0 Å². The number of thiazole rings is 2. The number of benzene rings is 4. The average molecular weight is 1000 g/mol. The van der Waals surface area contributed by atoms with Gasteiger partial charge in [-0.15, -0.1) is 22.7 Å². The molecule has 1 N–H and O–H groups in total. The SMILES string of the molecule is C=COCCOCC(=O)c1cc2scnc2c(F)c1Cc1ccc(I)cc1F.O=C(COCCO)c1cc2scnc2c(F)c1Cc1ccc(I)cc1F. The third-order valence-corrected chi connectivity index (χ3v) is 10.8. The number of hydrogen-bond acceptors (Lipinski definition) is 10. The molecule has 0 aliphatic heterocycles. The summed E-state index contributed by atoms with van der Waals surface area (Å²) in [5.74, 6) is -2.92. The molecular weight excluding hydrogens is 974 g/mol. The third-order valence-electron chi connectivity index (χ3n) is 7.87. The van der Waals surface area contributed by atoms with E-state index in [4.69, 9.17) is 19.3 Å². The normalized spacial score (nSPS) is 11.1. The highest BCUT2D eigenvalue weighted by Crippen LogP contribution is 2.31. The van der Waals surface area contributed by atoms with Crippen molar-refractivity contribution in [2.24, 2.45) is 0 Å². The zero-order valence-corrected chi connectivity index (χ0v) is 34.1. The first kappa shape index (κ1) is 41.8. The summed E-state index contributed by atoms with van der Waals surface area (Å²) >= 11 is 6.46. The third kappa shape index (κ3) is 10.5. The Balaban J connectivity index is 0.000000208. The second kappa shape index (κ2) is 20.0. The van der Waals surface area contributed by atoms with Gasteiger partial charge in [-0.1, -0.05) is 18.7 Å². The molecule has 4 aromatic carbocycles. The fraction of sp³-hybridized carbons (Fsp3) is 0.211. The van der Waals surface area contributed by atoms with E-state index in [0.717, 1.165) is 7.14 Å². The number of carbonyl (C=O) groups excluding carboxylic acids is 2. The number of aliphatic hydroxyl groups excluding tert-OH is 1. The molecule has 0 amide bonds. The van der Waals surface area contributed by atoms with Gasteiger partial charge in [0.05, 0.1) is 46.5 Å². The highest BCUT2D eigenvalue weighted by molar-refractivity contribution is 14.1. The number of hydrogen-bond donors (Lipinski definition) is 1. The molecule has 0 bridgehead atoms. The highest BCUT2D eigenvalue weighted by atomic mass is 127. The maximum atomic E-state index is 15.1. The lowest BCUT2D eigenvalue weighted by Crippen LogP contribution is -2.15. The molecule has 0 spiro atoms. The fourth-order valence-corrected chi connectivity index (χ4v) is 7.63. The minimum absolute atomic E-state index is 0.0120. The molecule has 0 aliphatic rings. The van der Waals surface area contributed by atoms with Crippen molar-refractivity contribution in [3.63, 3.8) is 0 Å². The maximum Gasteiger partial charge on any atom is 0.188 e. The molecule has 54 heavy (non-hydrogen) atoms. The molecule has 6 rings (SSSR count). The van der Waals surface area contributed by atoms with E-state index in [1.807, 2.05) is 45.2 Å². The second-order valence-corrected chi connectivity index (χ2v) is 15.6. The van der Waals surface area contributed by atoms with Crippen LogP contribution in [0, 0.1) is 30.4 Å². The molecule has 0 unspecified atom stereocenters. The minimum Gasteiger partial charge on any atom is -0.499 e. The van der Waals surface area contributed by atoms with Crippen LogP contribution in [-0.2, 0) is 27.1 Å². The molecule has 0 saturated carbocycles. The van der Waals surface area contributed by atoms with Crippen LogP contribution in [0.2, 0.25) is 0 Å².